The van der Waals surface area contributed by atoms with Gasteiger partial charge in [-0.15, -0.1) is 0 Å². The maximum atomic E-state index is 12.7. The standard InChI is InChI=1S/C14H17FN2O/c1-2-10-4-3-5-13(10)16-17-14(18)11-6-8-12(15)9-7-11/h6-10H,2-5H2,1H3,(H,17,18)/b16-13+. The van der Waals surface area contributed by atoms with Gasteiger partial charge in [0.05, 0.1) is 0 Å². The van der Waals surface area contributed by atoms with Crippen molar-refractivity contribution in [2.24, 2.45) is 11.0 Å². The fourth-order valence-corrected chi connectivity index (χ4v) is 2.28. The molecule has 3 nitrogen and oxygen atoms in total. The van der Waals surface area contributed by atoms with Crippen LogP contribution in [0.5, 0.6) is 0 Å². The summed E-state index contributed by atoms with van der Waals surface area (Å²) in [6.45, 7) is 2.13. The van der Waals surface area contributed by atoms with Gasteiger partial charge in [0.25, 0.3) is 5.91 Å². The van der Waals surface area contributed by atoms with Crippen LogP contribution in [0.1, 0.15) is 43.0 Å². The monoisotopic (exact) mass is 248 g/mol. The average Bonchev–Trinajstić information content (AvgIpc) is 2.84. The number of halogens is 1. The molecule has 1 fully saturated rings. The van der Waals surface area contributed by atoms with Gasteiger partial charge in [-0.25, -0.2) is 9.82 Å². The number of hydrogen-bond donors (Lipinski definition) is 1. The SMILES string of the molecule is CCC1CCC/C1=N\NC(=O)c1ccc(F)cc1. The van der Waals surface area contributed by atoms with Crippen LogP contribution in [0, 0.1) is 11.7 Å². The molecule has 0 radical (unpaired) electrons. The number of carbonyl (C=O) groups is 1. The quantitative estimate of drug-likeness (QED) is 0.820. The Kier molecular flexibility index (Phi) is 4.07. The molecule has 4 heteroatoms. The second kappa shape index (κ2) is 5.76. The molecule has 1 atom stereocenters. The molecule has 0 saturated heterocycles. The summed E-state index contributed by atoms with van der Waals surface area (Å²) >= 11 is 0. The highest BCUT2D eigenvalue weighted by atomic mass is 19.1. The lowest BCUT2D eigenvalue weighted by molar-refractivity contribution is 0.0954. The van der Waals surface area contributed by atoms with Crippen molar-refractivity contribution >= 4 is 11.6 Å². The van der Waals surface area contributed by atoms with Gasteiger partial charge >= 0.3 is 0 Å². The lowest BCUT2D eigenvalue weighted by atomic mass is 10.0. The summed E-state index contributed by atoms with van der Waals surface area (Å²) < 4.78 is 12.7. The molecule has 1 aromatic carbocycles. The first-order valence-electron chi connectivity index (χ1n) is 6.33. The third kappa shape index (κ3) is 2.94. The van der Waals surface area contributed by atoms with Crippen molar-refractivity contribution in [1.82, 2.24) is 5.43 Å². The normalized spacial score (nSPS) is 21.2. The van der Waals surface area contributed by atoms with E-state index in [-0.39, 0.29) is 11.7 Å². The maximum absolute atomic E-state index is 12.7. The lowest BCUT2D eigenvalue weighted by Gasteiger charge is -2.07. The zero-order valence-corrected chi connectivity index (χ0v) is 10.4. The van der Waals surface area contributed by atoms with Crippen LogP contribution in [0.3, 0.4) is 0 Å². The molecule has 0 heterocycles. The molecule has 96 valence electrons. The van der Waals surface area contributed by atoms with Gasteiger partial charge in [-0.2, -0.15) is 5.10 Å². The van der Waals surface area contributed by atoms with Crippen LogP contribution in [0.4, 0.5) is 4.39 Å². The first kappa shape index (κ1) is 12.7. The second-order valence-electron chi connectivity index (χ2n) is 4.55. The number of nitrogens with one attached hydrogen (secondary N) is 1. The predicted octanol–water partition coefficient (Wildman–Crippen LogP) is 3.12. The molecule has 0 aromatic heterocycles. The summed E-state index contributed by atoms with van der Waals surface area (Å²) in [5, 5.41) is 4.20. The fraction of sp³-hybridized carbons (Fsp3) is 0.429. The van der Waals surface area contributed by atoms with Crippen LogP contribution in [0.2, 0.25) is 0 Å². The number of nitrogens with zero attached hydrogens (tertiary/aromatic N) is 1. The Bertz CT molecular complexity index is 453. The van der Waals surface area contributed by atoms with E-state index in [9.17, 15) is 9.18 Å². The van der Waals surface area contributed by atoms with Crippen LogP contribution in [0.25, 0.3) is 0 Å². The van der Waals surface area contributed by atoms with Crippen molar-refractivity contribution in [3.63, 3.8) is 0 Å². The van der Waals surface area contributed by atoms with Gasteiger partial charge in [-0.1, -0.05) is 6.92 Å². The molecule has 1 aliphatic rings. The fourth-order valence-electron chi connectivity index (χ4n) is 2.28. The Hall–Kier alpha value is -1.71. The number of amides is 1. The highest BCUT2D eigenvalue weighted by molar-refractivity contribution is 5.96. The lowest BCUT2D eigenvalue weighted by Crippen LogP contribution is -2.20. The Morgan fingerprint density at radius 2 is 2.17 bits per heavy atom. The molecular weight excluding hydrogens is 231 g/mol. The second-order valence-corrected chi connectivity index (χ2v) is 4.55. The third-order valence-electron chi connectivity index (χ3n) is 3.36. The van der Waals surface area contributed by atoms with Crippen molar-refractivity contribution in [1.29, 1.82) is 0 Å². The smallest absolute Gasteiger partial charge is 0.267 e. The van der Waals surface area contributed by atoms with Crippen LogP contribution < -0.4 is 5.43 Å². The van der Waals surface area contributed by atoms with Gasteiger partial charge in [0.1, 0.15) is 5.82 Å². The average molecular weight is 248 g/mol. The Morgan fingerprint density at radius 3 is 2.83 bits per heavy atom. The minimum absolute atomic E-state index is 0.288. The minimum Gasteiger partial charge on any atom is -0.267 e. The van der Waals surface area contributed by atoms with E-state index >= 15 is 0 Å². The number of hydrazone groups is 1. The van der Waals surface area contributed by atoms with Gasteiger partial charge in [-0.3, -0.25) is 4.79 Å². The molecule has 1 amide bonds. The maximum Gasteiger partial charge on any atom is 0.271 e. The molecule has 0 spiro atoms. The molecule has 18 heavy (non-hydrogen) atoms. The van der Waals surface area contributed by atoms with Crippen molar-refractivity contribution in [3.05, 3.63) is 35.6 Å². The highest BCUT2D eigenvalue weighted by Crippen LogP contribution is 2.24. The zero-order chi connectivity index (χ0) is 13.0. The molecule has 1 N–H and O–H groups in total. The van der Waals surface area contributed by atoms with Crippen LogP contribution in [-0.2, 0) is 0 Å². The van der Waals surface area contributed by atoms with Crippen molar-refractivity contribution in [2.75, 3.05) is 0 Å². The molecule has 1 saturated carbocycles. The number of rotatable bonds is 3. The largest absolute Gasteiger partial charge is 0.271 e. The highest BCUT2D eigenvalue weighted by Gasteiger charge is 2.21. The first-order chi connectivity index (χ1) is 8.70. The summed E-state index contributed by atoms with van der Waals surface area (Å²) in [5.74, 6) is -0.137. The summed E-state index contributed by atoms with van der Waals surface area (Å²) in [4.78, 5) is 11.8. The summed E-state index contributed by atoms with van der Waals surface area (Å²) in [5.41, 5.74) is 4.05. The number of carbonyl (C=O) groups excluding carboxylic acids is 1. The van der Waals surface area contributed by atoms with E-state index in [4.69, 9.17) is 0 Å². The molecule has 0 bridgehead atoms. The topological polar surface area (TPSA) is 41.5 Å². The van der Waals surface area contributed by atoms with E-state index in [0.29, 0.717) is 11.5 Å². The molecule has 0 aliphatic heterocycles. The van der Waals surface area contributed by atoms with Gasteiger partial charge in [-0.05, 0) is 55.9 Å². The van der Waals surface area contributed by atoms with E-state index in [2.05, 4.69) is 17.5 Å². The molecule has 1 unspecified atom stereocenters. The van der Waals surface area contributed by atoms with E-state index in [0.717, 1.165) is 31.4 Å². The summed E-state index contributed by atoms with van der Waals surface area (Å²) in [7, 11) is 0. The van der Waals surface area contributed by atoms with E-state index in [1.54, 1.807) is 0 Å². The van der Waals surface area contributed by atoms with Crippen molar-refractivity contribution < 1.29 is 9.18 Å². The van der Waals surface area contributed by atoms with Gasteiger partial charge in [0, 0.05) is 11.3 Å². The Morgan fingerprint density at radius 1 is 1.44 bits per heavy atom. The van der Waals surface area contributed by atoms with Crippen LogP contribution in [0.15, 0.2) is 29.4 Å². The van der Waals surface area contributed by atoms with Gasteiger partial charge in [0.2, 0.25) is 0 Å². The predicted molar refractivity (Wildman–Crippen MR) is 68.9 cm³/mol. The molecule has 1 aliphatic carbocycles. The zero-order valence-electron chi connectivity index (χ0n) is 10.4. The van der Waals surface area contributed by atoms with Crippen LogP contribution in [-0.4, -0.2) is 11.6 Å². The van der Waals surface area contributed by atoms with Crippen molar-refractivity contribution in [2.45, 2.75) is 32.6 Å². The Balaban J connectivity index is 1.99. The first-order valence-corrected chi connectivity index (χ1v) is 6.33. The number of hydrogen-bond acceptors (Lipinski definition) is 2. The molecule has 1 aromatic rings. The van der Waals surface area contributed by atoms with Crippen LogP contribution >= 0.6 is 0 Å². The van der Waals surface area contributed by atoms with Gasteiger partial charge < -0.3 is 0 Å². The summed E-state index contributed by atoms with van der Waals surface area (Å²) in [6, 6.07) is 5.45. The van der Waals surface area contributed by atoms with E-state index < -0.39 is 0 Å². The Labute approximate surface area is 106 Å². The molecular formula is C14H17FN2O. The number of benzene rings is 1. The van der Waals surface area contributed by atoms with Gasteiger partial charge in [0.15, 0.2) is 0 Å². The molecule has 2 rings (SSSR count). The minimum atomic E-state index is -0.347. The third-order valence-corrected chi connectivity index (χ3v) is 3.36. The van der Waals surface area contributed by atoms with E-state index in [1.807, 2.05) is 0 Å². The van der Waals surface area contributed by atoms with Crippen molar-refractivity contribution in [3.8, 4) is 0 Å². The summed E-state index contributed by atoms with van der Waals surface area (Å²) in [6.07, 6.45) is 4.32. The van der Waals surface area contributed by atoms with E-state index in [1.165, 1.54) is 24.3 Å².